The summed E-state index contributed by atoms with van der Waals surface area (Å²) in [4.78, 5) is 12.9. The fraction of sp³-hybridized carbons (Fsp3) is 0.269. The lowest BCUT2D eigenvalue weighted by Gasteiger charge is -2.26. The van der Waals surface area contributed by atoms with E-state index in [1.807, 2.05) is 26.0 Å². The number of hydrogen-bond donors (Lipinski definition) is 1. The van der Waals surface area contributed by atoms with Crippen LogP contribution in [-0.4, -0.2) is 34.5 Å². The van der Waals surface area contributed by atoms with Crippen molar-refractivity contribution in [2.75, 3.05) is 24.5 Å². The second-order valence-corrected chi connectivity index (χ2v) is 10.4. The van der Waals surface area contributed by atoms with Gasteiger partial charge in [0.25, 0.3) is 10.0 Å². The first-order valence-corrected chi connectivity index (χ1v) is 12.8. The molecule has 0 bridgehead atoms. The summed E-state index contributed by atoms with van der Waals surface area (Å²) in [6, 6.07) is 19.4. The molecule has 0 radical (unpaired) electrons. The lowest BCUT2D eigenvalue weighted by molar-refractivity contribution is -0.119. The van der Waals surface area contributed by atoms with Crippen molar-refractivity contribution < 1.29 is 17.9 Å². The van der Waals surface area contributed by atoms with Crippen LogP contribution in [0.4, 0.5) is 5.69 Å². The van der Waals surface area contributed by atoms with Crippen molar-refractivity contribution in [2.24, 2.45) is 0 Å². The van der Waals surface area contributed by atoms with E-state index in [0.29, 0.717) is 17.3 Å². The highest BCUT2D eigenvalue weighted by molar-refractivity contribution is 7.92. The molecule has 0 spiro atoms. The summed E-state index contributed by atoms with van der Waals surface area (Å²) in [5.74, 6) is -0.116. The Morgan fingerprint density at radius 3 is 2.41 bits per heavy atom. The average molecular weight is 501 g/mol. The molecule has 0 saturated heterocycles. The third kappa shape index (κ3) is 6.52. The van der Waals surface area contributed by atoms with E-state index in [4.69, 9.17) is 16.3 Å². The zero-order chi connectivity index (χ0) is 24.7. The Labute approximate surface area is 206 Å². The molecule has 0 atom stereocenters. The molecule has 0 fully saturated rings. The van der Waals surface area contributed by atoms with Crippen molar-refractivity contribution in [1.29, 1.82) is 0 Å². The van der Waals surface area contributed by atoms with Crippen LogP contribution in [0.15, 0.2) is 71.6 Å². The van der Waals surface area contributed by atoms with Gasteiger partial charge in [-0.2, -0.15) is 0 Å². The first kappa shape index (κ1) is 25.6. The molecule has 1 N–H and O–H groups in total. The van der Waals surface area contributed by atoms with Crippen molar-refractivity contribution in [3.63, 3.8) is 0 Å². The number of ether oxygens (including phenoxy) is 1. The summed E-state index contributed by atoms with van der Waals surface area (Å²) in [7, 11) is -2.62. The standard InChI is InChI=1S/C26H29ClN2O4S/c1-19-9-12-23(13-10-19)34(31,32)29(24-17-22(27)11-14-25(24)33-3)18-26(30)28-15-5-8-21-7-4-6-20(2)16-21/h4,6-7,9-14,16-17H,5,8,15,18H2,1-3H3,(H,28,30). The molecule has 0 aliphatic rings. The number of carbonyl (C=O) groups is 1. The van der Waals surface area contributed by atoms with Crippen molar-refractivity contribution in [1.82, 2.24) is 5.32 Å². The van der Waals surface area contributed by atoms with Crippen LogP contribution < -0.4 is 14.4 Å². The van der Waals surface area contributed by atoms with Crippen LogP contribution in [0.25, 0.3) is 0 Å². The van der Waals surface area contributed by atoms with E-state index in [1.165, 1.54) is 36.4 Å². The third-order valence-electron chi connectivity index (χ3n) is 5.35. The molecule has 0 heterocycles. The van der Waals surface area contributed by atoms with Crippen LogP contribution in [0.5, 0.6) is 5.75 Å². The van der Waals surface area contributed by atoms with E-state index in [1.54, 1.807) is 24.3 Å². The van der Waals surface area contributed by atoms with E-state index < -0.39 is 22.5 Å². The monoisotopic (exact) mass is 500 g/mol. The summed E-state index contributed by atoms with van der Waals surface area (Å²) in [5, 5.41) is 3.17. The van der Waals surface area contributed by atoms with Crippen molar-refractivity contribution in [2.45, 2.75) is 31.6 Å². The van der Waals surface area contributed by atoms with Crippen molar-refractivity contribution >= 4 is 33.2 Å². The lowest BCUT2D eigenvalue weighted by atomic mass is 10.1. The van der Waals surface area contributed by atoms with Crippen LogP contribution in [0, 0.1) is 13.8 Å². The number of benzene rings is 3. The second kappa shape index (κ2) is 11.4. The van der Waals surface area contributed by atoms with Gasteiger partial charge in [0, 0.05) is 11.6 Å². The summed E-state index contributed by atoms with van der Waals surface area (Å²) in [5.41, 5.74) is 3.51. The molecule has 6 nitrogen and oxygen atoms in total. The number of sulfonamides is 1. The predicted octanol–water partition coefficient (Wildman–Crippen LogP) is 4.91. The Kier molecular flexibility index (Phi) is 8.58. The van der Waals surface area contributed by atoms with Crippen molar-refractivity contribution in [3.8, 4) is 5.75 Å². The Bertz CT molecular complexity index is 1240. The number of amides is 1. The smallest absolute Gasteiger partial charge is 0.264 e. The summed E-state index contributed by atoms with van der Waals surface area (Å²) in [6.45, 7) is 3.94. The highest BCUT2D eigenvalue weighted by Gasteiger charge is 2.29. The average Bonchev–Trinajstić information content (AvgIpc) is 2.80. The van der Waals surface area contributed by atoms with E-state index in [-0.39, 0.29) is 10.6 Å². The van der Waals surface area contributed by atoms with Gasteiger partial charge >= 0.3 is 0 Å². The molecule has 3 rings (SSSR count). The number of rotatable bonds is 10. The molecule has 3 aromatic carbocycles. The topological polar surface area (TPSA) is 75.7 Å². The second-order valence-electron chi connectivity index (χ2n) is 8.08. The van der Waals surface area contributed by atoms with Gasteiger partial charge in [-0.1, -0.05) is 59.1 Å². The van der Waals surface area contributed by atoms with Gasteiger partial charge in [0.15, 0.2) is 0 Å². The van der Waals surface area contributed by atoms with Crippen LogP contribution in [-0.2, 0) is 21.2 Å². The van der Waals surface area contributed by atoms with Gasteiger partial charge in [0.2, 0.25) is 5.91 Å². The van der Waals surface area contributed by atoms with Crippen LogP contribution in [0.1, 0.15) is 23.1 Å². The van der Waals surface area contributed by atoms with E-state index in [0.717, 1.165) is 22.7 Å². The van der Waals surface area contributed by atoms with E-state index in [2.05, 4.69) is 17.4 Å². The first-order valence-electron chi connectivity index (χ1n) is 11.0. The molecule has 8 heteroatoms. The zero-order valence-corrected chi connectivity index (χ0v) is 21.1. The van der Waals surface area contributed by atoms with E-state index >= 15 is 0 Å². The maximum absolute atomic E-state index is 13.6. The number of nitrogens with zero attached hydrogens (tertiary/aromatic N) is 1. The molecule has 3 aromatic rings. The highest BCUT2D eigenvalue weighted by Crippen LogP contribution is 2.34. The highest BCUT2D eigenvalue weighted by atomic mass is 35.5. The Morgan fingerprint density at radius 2 is 1.74 bits per heavy atom. The Morgan fingerprint density at radius 1 is 1.00 bits per heavy atom. The normalized spacial score (nSPS) is 11.2. The van der Waals surface area contributed by atoms with Gasteiger partial charge in [-0.3, -0.25) is 9.10 Å². The third-order valence-corrected chi connectivity index (χ3v) is 7.36. The Balaban J connectivity index is 1.79. The molecule has 0 aromatic heterocycles. The number of carbonyl (C=O) groups excluding carboxylic acids is 1. The minimum Gasteiger partial charge on any atom is -0.495 e. The minimum absolute atomic E-state index is 0.0763. The number of aryl methyl sites for hydroxylation is 3. The SMILES string of the molecule is COc1ccc(Cl)cc1N(CC(=O)NCCCc1cccc(C)c1)S(=O)(=O)c1ccc(C)cc1. The van der Waals surface area contributed by atoms with Gasteiger partial charge in [-0.05, 0) is 62.6 Å². The zero-order valence-electron chi connectivity index (χ0n) is 19.5. The lowest BCUT2D eigenvalue weighted by Crippen LogP contribution is -2.41. The quantitative estimate of drug-likeness (QED) is 0.401. The number of halogens is 1. The summed E-state index contributed by atoms with van der Waals surface area (Å²) < 4.78 is 33.5. The summed E-state index contributed by atoms with van der Waals surface area (Å²) >= 11 is 6.17. The molecular weight excluding hydrogens is 472 g/mol. The first-order chi connectivity index (χ1) is 16.2. The van der Waals surface area contributed by atoms with Crippen molar-refractivity contribution in [3.05, 3.63) is 88.4 Å². The molecule has 1 amide bonds. The number of hydrogen-bond acceptors (Lipinski definition) is 4. The molecule has 0 aliphatic heterocycles. The largest absolute Gasteiger partial charge is 0.495 e. The van der Waals surface area contributed by atoms with Gasteiger partial charge in [-0.15, -0.1) is 0 Å². The number of anilines is 1. The maximum Gasteiger partial charge on any atom is 0.264 e. The van der Waals surface area contributed by atoms with Gasteiger partial charge in [0.1, 0.15) is 12.3 Å². The number of methoxy groups -OCH3 is 1. The fourth-order valence-corrected chi connectivity index (χ4v) is 5.16. The molecule has 0 unspecified atom stereocenters. The predicted molar refractivity (Wildman–Crippen MR) is 136 cm³/mol. The molecule has 34 heavy (non-hydrogen) atoms. The Hall–Kier alpha value is -3.03. The van der Waals surface area contributed by atoms with E-state index in [9.17, 15) is 13.2 Å². The van der Waals surface area contributed by atoms with Crippen LogP contribution in [0.3, 0.4) is 0 Å². The number of nitrogens with one attached hydrogen (secondary N) is 1. The van der Waals surface area contributed by atoms with Gasteiger partial charge < -0.3 is 10.1 Å². The van der Waals surface area contributed by atoms with Crippen LogP contribution >= 0.6 is 11.6 Å². The molecular formula is C26H29ClN2O4S. The van der Waals surface area contributed by atoms with Gasteiger partial charge in [0.05, 0.1) is 17.7 Å². The van der Waals surface area contributed by atoms with Gasteiger partial charge in [-0.25, -0.2) is 8.42 Å². The fourth-order valence-electron chi connectivity index (χ4n) is 3.57. The van der Waals surface area contributed by atoms with Crippen LogP contribution in [0.2, 0.25) is 5.02 Å². The summed E-state index contributed by atoms with van der Waals surface area (Å²) in [6.07, 6.45) is 1.55. The minimum atomic E-state index is -4.06. The molecule has 0 aliphatic carbocycles. The molecule has 0 saturated carbocycles. The molecule has 180 valence electrons. The maximum atomic E-state index is 13.6.